The van der Waals surface area contributed by atoms with E-state index in [4.69, 9.17) is 5.73 Å². The molecule has 19 heavy (non-hydrogen) atoms. The molecule has 1 rings (SSSR count). The fraction of sp³-hybridized carbons (Fsp3) is 0.500. The summed E-state index contributed by atoms with van der Waals surface area (Å²) in [5.74, 6) is 0.151. The van der Waals surface area contributed by atoms with Crippen LogP contribution in [-0.2, 0) is 6.54 Å². The first-order chi connectivity index (χ1) is 8.93. The standard InChI is InChI=1S/C14H23FN4/c1-5-10(2)18-14(16)17-9-11-6-7-13(19(3)4)12(15)8-11/h6-8,10H,5,9H2,1-4H3,(H3,16,17,18). The number of hydrogen-bond donors (Lipinski definition) is 2. The molecule has 1 aromatic rings. The van der Waals surface area contributed by atoms with Crippen LogP contribution in [0.5, 0.6) is 0 Å². The maximum absolute atomic E-state index is 13.8. The van der Waals surface area contributed by atoms with Crippen molar-refractivity contribution in [2.45, 2.75) is 32.9 Å². The molecule has 0 aromatic heterocycles. The predicted octanol–water partition coefficient (Wildman–Crippen LogP) is 2.09. The zero-order valence-electron chi connectivity index (χ0n) is 12.1. The normalized spacial score (nSPS) is 13.2. The molecule has 0 radical (unpaired) electrons. The molecule has 0 amide bonds. The Morgan fingerprint density at radius 2 is 2.16 bits per heavy atom. The van der Waals surface area contributed by atoms with E-state index in [0.29, 0.717) is 18.2 Å². The summed E-state index contributed by atoms with van der Waals surface area (Å²) in [7, 11) is 3.62. The fourth-order valence-corrected chi connectivity index (χ4v) is 1.59. The van der Waals surface area contributed by atoms with Gasteiger partial charge < -0.3 is 16.0 Å². The summed E-state index contributed by atoms with van der Waals surface area (Å²) in [6.45, 7) is 4.48. The largest absolute Gasteiger partial charge is 0.375 e. The van der Waals surface area contributed by atoms with E-state index in [-0.39, 0.29) is 11.9 Å². The lowest BCUT2D eigenvalue weighted by Crippen LogP contribution is -2.38. The van der Waals surface area contributed by atoms with Crippen molar-refractivity contribution in [2.24, 2.45) is 10.7 Å². The van der Waals surface area contributed by atoms with Gasteiger partial charge in [0.15, 0.2) is 5.96 Å². The quantitative estimate of drug-likeness (QED) is 0.634. The fourth-order valence-electron chi connectivity index (χ4n) is 1.59. The first-order valence-electron chi connectivity index (χ1n) is 6.46. The van der Waals surface area contributed by atoms with E-state index < -0.39 is 0 Å². The second-order valence-electron chi connectivity index (χ2n) is 4.84. The monoisotopic (exact) mass is 266 g/mol. The zero-order valence-corrected chi connectivity index (χ0v) is 12.1. The Morgan fingerprint density at radius 3 is 2.68 bits per heavy atom. The van der Waals surface area contributed by atoms with E-state index in [0.717, 1.165) is 12.0 Å². The van der Waals surface area contributed by atoms with Crippen molar-refractivity contribution >= 4 is 11.6 Å². The van der Waals surface area contributed by atoms with E-state index in [1.54, 1.807) is 11.0 Å². The van der Waals surface area contributed by atoms with Gasteiger partial charge in [0.25, 0.3) is 0 Å². The summed E-state index contributed by atoms with van der Waals surface area (Å²) in [6, 6.07) is 5.39. The third-order valence-corrected chi connectivity index (χ3v) is 2.93. The SMILES string of the molecule is CCC(C)NC(N)=NCc1ccc(N(C)C)c(F)c1. The first-order valence-corrected chi connectivity index (χ1v) is 6.46. The summed E-state index contributed by atoms with van der Waals surface area (Å²) in [5, 5.41) is 3.07. The Hall–Kier alpha value is -1.78. The molecule has 0 heterocycles. The van der Waals surface area contributed by atoms with Crippen LogP contribution in [0.25, 0.3) is 0 Å². The van der Waals surface area contributed by atoms with Gasteiger partial charge in [-0.2, -0.15) is 0 Å². The number of anilines is 1. The molecule has 0 saturated heterocycles. The highest BCUT2D eigenvalue weighted by Gasteiger charge is 2.05. The van der Waals surface area contributed by atoms with E-state index in [1.807, 2.05) is 27.1 Å². The van der Waals surface area contributed by atoms with Gasteiger partial charge in [-0.3, -0.25) is 0 Å². The molecule has 3 N–H and O–H groups in total. The number of aliphatic imine (C=N–C) groups is 1. The van der Waals surface area contributed by atoms with Gasteiger partial charge in [0, 0.05) is 20.1 Å². The molecule has 0 aliphatic rings. The average Bonchev–Trinajstić information content (AvgIpc) is 2.35. The molecule has 0 fully saturated rings. The molecular weight excluding hydrogens is 243 g/mol. The Bertz CT molecular complexity index is 443. The first kappa shape index (κ1) is 15.3. The number of hydrogen-bond acceptors (Lipinski definition) is 2. The molecule has 0 saturated carbocycles. The van der Waals surface area contributed by atoms with Gasteiger partial charge in [0.05, 0.1) is 12.2 Å². The number of rotatable bonds is 5. The van der Waals surface area contributed by atoms with Crippen LogP contribution < -0.4 is 16.0 Å². The van der Waals surface area contributed by atoms with Crippen molar-refractivity contribution < 1.29 is 4.39 Å². The van der Waals surface area contributed by atoms with Crippen molar-refractivity contribution in [1.29, 1.82) is 0 Å². The molecule has 106 valence electrons. The molecule has 4 nitrogen and oxygen atoms in total. The molecule has 1 atom stereocenters. The average molecular weight is 266 g/mol. The van der Waals surface area contributed by atoms with Crippen LogP contribution in [-0.4, -0.2) is 26.1 Å². The number of nitrogens with one attached hydrogen (secondary N) is 1. The second kappa shape index (κ2) is 6.97. The summed E-state index contributed by atoms with van der Waals surface area (Å²) in [6.07, 6.45) is 0.975. The van der Waals surface area contributed by atoms with E-state index in [9.17, 15) is 4.39 Å². The van der Waals surface area contributed by atoms with Crippen LogP contribution in [0.3, 0.4) is 0 Å². The Balaban J connectivity index is 2.68. The second-order valence-corrected chi connectivity index (χ2v) is 4.84. The minimum absolute atomic E-state index is 0.244. The van der Waals surface area contributed by atoms with Crippen LogP contribution in [0.15, 0.2) is 23.2 Å². The van der Waals surface area contributed by atoms with E-state index in [1.165, 1.54) is 6.07 Å². The van der Waals surface area contributed by atoms with Crippen molar-refractivity contribution in [1.82, 2.24) is 5.32 Å². The van der Waals surface area contributed by atoms with Crippen LogP contribution >= 0.6 is 0 Å². The minimum Gasteiger partial charge on any atom is -0.375 e. The van der Waals surface area contributed by atoms with E-state index >= 15 is 0 Å². The van der Waals surface area contributed by atoms with Crippen molar-refractivity contribution in [2.75, 3.05) is 19.0 Å². The highest BCUT2D eigenvalue weighted by Crippen LogP contribution is 2.18. The topological polar surface area (TPSA) is 53.6 Å². The van der Waals surface area contributed by atoms with Crippen molar-refractivity contribution in [3.05, 3.63) is 29.6 Å². The highest BCUT2D eigenvalue weighted by atomic mass is 19.1. The molecule has 0 spiro atoms. The molecule has 1 aromatic carbocycles. The number of benzene rings is 1. The Kier molecular flexibility index (Phi) is 5.60. The minimum atomic E-state index is -0.244. The number of guanidine groups is 1. The molecule has 0 bridgehead atoms. The van der Waals surface area contributed by atoms with Gasteiger partial charge in [-0.1, -0.05) is 13.0 Å². The molecule has 0 aliphatic heterocycles. The summed E-state index contributed by atoms with van der Waals surface area (Å²) < 4.78 is 13.8. The third-order valence-electron chi connectivity index (χ3n) is 2.93. The number of nitrogens with two attached hydrogens (primary N) is 1. The van der Waals surface area contributed by atoms with Gasteiger partial charge in [-0.05, 0) is 31.0 Å². The van der Waals surface area contributed by atoms with Crippen LogP contribution in [0.2, 0.25) is 0 Å². The lowest BCUT2D eigenvalue weighted by molar-refractivity contribution is 0.623. The van der Waals surface area contributed by atoms with Crippen LogP contribution in [0.1, 0.15) is 25.8 Å². The molecular formula is C14H23FN4. The predicted molar refractivity (Wildman–Crippen MR) is 78.9 cm³/mol. The maximum atomic E-state index is 13.8. The van der Waals surface area contributed by atoms with Gasteiger partial charge >= 0.3 is 0 Å². The molecule has 1 unspecified atom stereocenters. The highest BCUT2D eigenvalue weighted by molar-refractivity contribution is 5.78. The summed E-state index contributed by atoms with van der Waals surface area (Å²) in [4.78, 5) is 5.94. The third kappa shape index (κ3) is 4.77. The lowest BCUT2D eigenvalue weighted by atomic mass is 10.2. The molecule has 0 aliphatic carbocycles. The summed E-state index contributed by atoms with van der Waals surface area (Å²) >= 11 is 0. The number of halogens is 1. The molecule has 5 heteroatoms. The van der Waals surface area contributed by atoms with Crippen molar-refractivity contribution in [3.63, 3.8) is 0 Å². The van der Waals surface area contributed by atoms with Crippen LogP contribution in [0, 0.1) is 5.82 Å². The smallest absolute Gasteiger partial charge is 0.189 e. The van der Waals surface area contributed by atoms with Crippen molar-refractivity contribution in [3.8, 4) is 0 Å². The van der Waals surface area contributed by atoms with Gasteiger partial charge in [-0.15, -0.1) is 0 Å². The lowest BCUT2D eigenvalue weighted by Gasteiger charge is -2.14. The maximum Gasteiger partial charge on any atom is 0.189 e. The number of nitrogens with zero attached hydrogens (tertiary/aromatic N) is 2. The van der Waals surface area contributed by atoms with Gasteiger partial charge in [-0.25, -0.2) is 9.38 Å². The van der Waals surface area contributed by atoms with E-state index in [2.05, 4.69) is 17.2 Å². The Morgan fingerprint density at radius 1 is 1.47 bits per heavy atom. The van der Waals surface area contributed by atoms with Gasteiger partial charge in [0.1, 0.15) is 5.82 Å². The Labute approximate surface area is 114 Å². The van der Waals surface area contributed by atoms with Crippen LogP contribution in [0.4, 0.5) is 10.1 Å². The van der Waals surface area contributed by atoms with Gasteiger partial charge in [0.2, 0.25) is 0 Å². The summed E-state index contributed by atoms with van der Waals surface area (Å²) in [5.41, 5.74) is 7.12. The zero-order chi connectivity index (χ0) is 14.4.